The molecule has 0 amide bonds. The van der Waals surface area contributed by atoms with Gasteiger partial charge in [0.05, 0.1) is 0 Å². The minimum Gasteiger partial charge on any atom is -0.309 e. The molecular weight excluding hydrogens is 233 g/mol. The Morgan fingerprint density at radius 1 is 1.53 bits per heavy atom. The van der Waals surface area contributed by atoms with Gasteiger partial charge in [-0.3, -0.25) is 0 Å². The van der Waals surface area contributed by atoms with Gasteiger partial charge in [0, 0.05) is 11.3 Å². The number of rotatable bonds is 4. The molecule has 0 aromatic heterocycles. The van der Waals surface area contributed by atoms with Crippen LogP contribution in [-0.2, 0) is 0 Å². The fourth-order valence-corrected chi connectivity index (χ4v) is 3.88. The number of benzene rings is 1. The SMILES string of the molecule is CCNC(c1cc(F)ccc1C)C1CCCS1. The molecular formula is C14H20FNS. The molecule has 1 saturated heterocycles. The first-order valence-electron chi connectivity index (χ1n) is 6.33. The molecule has 1 N–H and O–H groups in total. The molecule has 2 unspecified atom stereocenters. The first kappa shape index (κ1) is 12.9. The summed E-state index contributed by atoms with van der Waals surface area (Å²) in [7, 11) is 0. The maximum absolute atomic E-state index is 13.4. The Hall–Kier alpha value is -0.540. The van der Waals surface area contributed by atoms with E-state index in [4.69, 9.17) is 0 Å². The lowest BCUT2D eigenvalue weighted by atomic mass is 9.96. The van der Waals surface area contributed by atoms with E-state index in [9.17, 15) is 4.39 Å². The highest BCUT2D eigenvalue weighted by molar-refractivity contribution is 8.00. The highest BCUT2D eigenvalue weighted by Crippen LogP contribution is 2.37. The molecule has 1 aromatic rings. The van der Waals surface area contributed by atoms with Gasteiger partial charge in [0.15, 0.2) is 0 Å². The second-order valence-corrected chi connectivity index (χ2v) is 5.93. The molecule has 1 heterocycles. The Bertz CT molecular complexity index is 374. The monoisotopic (exact) mass is 253 g/mol. The smallest absolute Gasteiger partial charge is 0.123 e. The highest BCUT2D eigenvalue weighted by Gasteiger charge is 2.27. The second kappa shape index (κ2) is 5.87. The van der Waals surface area contributed by atoms with Gasteiger partial charge in [0.2, 0.25) is 0 Å². The van der Waals surface area contributed by atoms with Gasteiger partial charge in [-0.25, -0.2) is 4.39 Å². The van der Waals surface area contributed by atoms with E-state index in [0.29, 0.717) is 11.3 Å². The minimum absolute atomic E-state index is 0.128. The van der Waals surface area contributed by atoms with Crippen molar-refractivity contribution in [3.05, 3.63) is 35.1 Å². The van der Waals surface area contributed by atoms with Gasteiger partial charge >= 0.3 is 0 Å². The van der Waals surface area contributed by atoms with Crippen LogP contribution < -0.4 is 5.32 Å². The average Bonchev–Trinajstić information content (AvgIpc) is 2.83. The van der Waals surface area contributed by atoms with E-state index in [1.54, 1.807) is 12.1 Å². The predicted octanol–water partition coefficient (Wildman–Crippen LogP) is 3.68. The molecule has 1 fully saturated rings. The summed E-state index contributed by atoms with van der Waals surface area (Å²) in [4.78, 5) is 0. The summed E-state index contributed by atoms with van der Waals surface area (Å²) in [6.45, 7) is 5.11. The zero-order valence-corrected chi connectivity index (χ0v) is 11.3. The van der Waals surface area contributed by atoms with Crippen molar-refractivity contribution >= 4 is 11.8 Å². The standard InChI is InChI=1S/C14H20FNS/c1-3-16-14(13-5-4-8-17-13)12-9-11(15)7-6-10(12)2/h6-7,9,13-14,16H,3-5,8H2,1-2H3. The van der Waals surface area contributed by atoms with Gasteiger partial charge in [-0.05, 0) is 55.3 Å². The van der Waals surface area contributed by atoms with E-state index in [0.717, 1.165) is 12.1 Å². The number of hydrogen-bond acceptors (Lipinski definition) is 2. The van der Waals surface area contributed by atoms with E-state index in [2.05, 4.69) is 19.2 Å². The molecule has 94 valence electrons. The van der Waals surface area contributed by atoms with Crippen molar-refractivity contribution in [1.82, 2.24) is 5.32 Å². The molecule has 1 aliphatic heterocycles. The summed E-state index contributed by atoms with van der Waals surface area (Å²) >= 11 is 2.01. The van der Waals surface area contributed by atoms with Crippen LogP contribution in [-0.4, -0.2) is 17.5 Å². The first-order valence-corrected chi connectivity index (χ1v) is 7.38. The third-order valence-corrected chi connectivity index (χ3v) is 4.80. The van der Waals surface area contributed by atoms with Crippen molar-refractivity contribution in [2.45, 2.75) is 38.0 Å². The van der Waals surface area contributed by atoms with Gasteiger partial charge in [0.1, 0.15) is 5.82 Å². The third kappa shape index (κ3) is 3.02. The van der Waals surface area contributed by atoms with Crippen molar-refractivity contribution in [2.24, 2.45) is 0 Å². The second-order valence-electron chi connectivity index (χ2n) is 4.59. The van der Waals surface area contributed by atoms with Crippen LogP contribution in [0.1, 0.15) is 36.9 Å². The maximum atomic E-state index is 13.4. The van der Waals surface area contributed by atoms with Crippen molar-refractivity contribution in [3.63, 3.8) is 0 Å². The fraction of sp³-hybridized carbons (Fsp3) is 0.571. The average molecular weight is 253 g/mol. The number of thioether (sulfide) groups is 1. The molecule has 1 aromatic carbocycles. The summed E-state index contributed by atoms with van der Waals surface area (Å²) in [5.41, 5.74) is 2.32. The van der Waals surface area contributed by atoms with E-state index < -0.39 is 0 Å². The molecule has 0 bridgehead atoms. The number of nitrogens with one attached hydrogen (secondary N) is 1. The molecule has 1 aliphatic rings. The highest BCUT2D eigenvalue weighted by atomic mass is 32.2. The first-order chi connectivity index (χ1) is 8.22. The van der Waals surface area contributed by atoms with Crippen LogP contribution in [0.5, 0.6) is 0 Å². The normalized spacial score (nSPS) is 21.7. The van der Waals surface area contributed by atoms with Gasteiger partial charge in [-0.2, -0.15) is 11.8 Å². The van der Waals surface area contributed by atoms with Crippen LogP contribution in [0.15, 0.2) is 18.2 Å². The molecule has 2 rings (SSSR count). The summed E-state index contributed by atoms with van der Waals surface area (Å²) in [5, 5.41) is 4.11. The Morgan fingerprint density at radius 3 is 3.00 bits per heavy atom. The van der Waals surface area contributed by atoms with Crippen LogP contribution in [0.2, 0.25) is 0 Å². The number of aryl methyl sites for hydroxylation is 1. The lowest BCUT2D eigenvalue weighted by Gasteiger charge is -2.25. The van der Waals surface area contributed by atoms with Crippen LogP contribution in [0.3, 0.4) is 0 Å². The summed E-state index contributed by atoms with van der Waals surface area (Å²) in [6.07, 6.45) is 2.52. The largest absolute Gasteiger partial charge is 0.309 e. The van der Waals surface area contributed by atoms with Crippen molar-refractivity contribution in [1.29, 1.82) is 0 Å². The van der Waals surface area contributed by atoms with Crippen LogP contribution >= 0.6 is 11.8 Å². The summed E-state index contributed by atoms with van der Waals surface area (Å²) < 4.78 is 13.4. The number of hydrogen-bond donors (Lipinski definition) is 1. The van der Waals surface area contributed by atoms with Crippen molar-refractivity contribution in [3.8, 4) is 0 Å². The predicted molar refractivity (Wildman–Crippen MR) is 73.0 cm³/mol. The lowest BCUT2D eigenvalue weighted by molar-refractivity contribution is 0.512. The van der Waals surface area contributed by atoms with Gasteiger partial charge < -0.3 is 5.32 Å². The molecule has 0 radical (unpaired) electrons. The molecule has 0 spiro atoms. The van der Waals surface area contributed by atoms with Crippen molar-refractivity contribution < 1.29 is 4.39 Å². The third-order valence-electron chi connectivity index (χ3n) is 3.34. The zero-order chi connectivity index (χ0) is 12.3. The van der Waals surface area contributed by atoms with E-state index >= 15 is 0 Å². The van der Waals surface area contributed by atoms with E-state index in [1.807, 2.05) is 17.8 Å². The van der Waals surface area contributed by atoms with Crippen LogP contribution in [0.4, 0.5) is 4.39 Å². The molecule has 0 aliphatic carbocycles. The topological polar surface area (TPSA) is 12.0 Å². The van der Waals surface area contributed by atoms with Crippen molar-refractivity contribution in [2.75, 3.05) is 12.3 Å². The molecule has 3 heteroatoms. The minimum atomic E-state index is -0.128. The Kier molecular flexibility index (Phi) is 4.46. The fourth-order valence-electron chi connectivity index (χ4n) is 2.47. The van der Waals surface area contributed by atoms with Crippen LogP contribution in [0.25, 0.3) is 0 Å². The Labute approximate surface area is 107 Å². The number of halogens is 1. The Morgan fingerprint density at radius 2 is 2.35 bits per heavy atom. The quantitative estimate of drug-likeness (QED) is 0.878. The molecule has 0 saturated carbocycles. The van der Waals surface area contributed by atoms with E-state index in [1.165, 1.54) is 24.2 Å². The van der Waals surface area contributed by atoms with Gasteiger partial charge in [0.25, 0.3) is 0 Å². The summed E-state index contributed by atoms with van der Waals surface area (Å²) in [5.74, 6) is 1.11. The summed E-state index contributed by atoms with van der Waals surface area (Å²) in [6, 6.07) is 5.42. The maximum Gasteiger partial charge on any atom is 0.123 e. The molecule has 2 atom stereocenters. The van der Waals surface area contributed by atoms with Crippen LogP contribution in [0, 0.1) is 12.7 Å². The van der Waals surface area contributed by atoms with Gasteiger partial charge in [-0.1, -0.05) is 13.0 Å². The molecule has 1 nitrogen and oxygen atoms in total. The van der Waals surface area contributed by atoms with Gasteiger partial charge in [-0.15, -0.1) is 0 Å². The van der Waals surface area contributed by atoms with E-state index in [-0.39, 0.29) is 5.82 Å². The lowest BCUT2D eigenvalue weighted by Crippen LogP contribution is -2.29. The molecule has 17 heavy (non-hydrogen) atoms. The zero-order valence-electron chi connectivity index (χ0n) is 10.5. The Balaban J connectivity index is 2.27.